The molecule has 4 unspecified atom stereocenters. The molecule has 1 rings (SSSR count). The fraction of sp³-hybridized carbons (Fsp3) is 1.00. The second kappa shape index (κ2) is 7.38. The molecular weight excluding hydrogens is 210 g/mol. The van der Waals surface area contributed by atoms with Gasteiger partial charge < -0.3 is 10.4 Å². The van der Waals surface area contributed by atoms with Gasteiger partial charge >= 0.3 is 0 Å². The number of hydrogen-bond acceptors (Lipinski definition) is 2. The predicted molar refractivity (Wildman–Crippen MR) is 74.0 cm³/mol. The molecule has 0 aromatic carbocycles. The lowest BCUT2D eigenvalue weighted by molar-refractivity contribution is 0.163. The van der Waals surface area contributed by atoms with E-state index in [4.69, 9.17) is 5.11 Å². The standard InChI is InChI=1S/C15H31NO/c1-11(2)14-6-5-12(3)9-15(14)16-10-13(4)7-8-17/h11-17H,5-10H2,1-4H3. The number of rotatable bonds is 6. The second-order valence-electron chi connectivity index (χ2n) is 6.46. The lowest BCUT2D eigenvalue weighted by Gasteiger charge is -2.38. The van der Waals surface area contributed by atoms with Crippen molar-refractivity contribution in [3.05, 3.63) is 0 Å². The van der Waals surface area contributed by atoms with Crippen molar-refractivity contribution in [2.24, 2.45) is 23.7 Å². The first-order valence-corrected chi connectivity index (χ1v) is 7.38. The Kier molecular flexibility index (Phi) is 6.50. The van der Waals surface area contributed by atoms with E-state index in [0.29, 0.717) is 18.6 Å². The minimum atomic E-state index is 0.317. The van der Waals surface area contributed by atoms with Gasteiger partial charge in [0.1, 0.15) is 0 Å². The van der Waals surface area contributed by atoms with Crippen LogP contribution in [0.15, 0.2) is 0 Å². The molecule has 1 aliphatic rings. The molecule has 0 heterocycles. The lowest BCUT2D eigenvalue weighted by Crippen LogP contribution is -2.44. The summed E-state index contributed by atoms with van der Waals surface area (Å²) in [5.74, 6) is 3.08. The topological polar surface area (TPSA) is 32.3 Å². The van der Waals surface area contributed by atoms with E-state index >= 15 is 0 Å². The Hall–Kier alpha value is -0.0800. The first-order valence-electron chi connectivity index (χ1n) is 7.38. The van der Waals surface area contributed by atoms with Crippen LogP contribution in [-0.4, -0.2) is 24.3 Å². The van der Waals surface area contributed by atoms with Crippen molar-refractivity contribution in [2.75, 3.05) is 13.2 Å². The van der Waals surface area contributed by atoms with E-state index < -0.39 is 0 Å². The lowest BCUT2D eigenvalue weighted by atomic mass is 9.74. The maximum absolute atomic E-state index is 8.93. The predicted octanol–water partition coefficient (Wildman–Crippen LogP) is 3.06. The third-order valence-electron chi connectivity index (χ3n) is 4.37. The maximum atomic E-state index is 8.93. The van der Waals surface area contributed by atoms with Crippen molar-refractivity contribution in [1.29, 1.82) is 0 Å². The van der Waals surface area contributed by atoms with Crippen molar-refractivity contribution < 1.29 is 5.11 Å². The molecule has 17 heavy (non-hydrogen) atoms. The van der Waals surface area contributed by atoms with Crippen LogP contribution in [0, 0.1) is 23.7 Å². The number of nitrogens with one attached hydrogen (secondary N) is 1. The van der Waals surface area contributed by atoms with Gasteiger partial charge in [0.05, 0.1) is 0 Å². The smallest absolute Gasteiger partial charge is 0.0434 e. The molecule has 2 nitrogen and oxygen atoms in total. The first kappa shape index (κ1) is 15.0. The van der Waals surface area contributed by atoms with Crippen LogP contribution in [0.5, 0.6) is 0 Å². The van der Waals surface area contributed by atoms with Gasteiger partial charge in [0.15, 0.2) is 0 Å². The van der Waals surface area contributed by atoms with Gasteiger partial charge in [-0.05, 0) is 49.5 Å². The summed E-state index contributed by atoms with van der Waals surface area (Å²) in [6.45, 7) is 10.7. The summed E-state index contributed by atoms with van der Waals surface area (Å²) in [6.07, 6.45) is 5.02. The van der Waals surface area contributed by atoms with E-state index in [1.54, 1.807) is 0 Å². The quantitative estimate of drug-likeness (QED) is 0.749. The highest BCUT2D eigenvalue weighted by molar-refractivity contribution is 4.85. The molecular formula is C15H31NO. The van der Waals surface area contributed by atoms with Gasteiger partial charge in [0.2, 0.25) is 0 Å². The molecule has 1 fully saturated rings. The Morgan fingerprint density at radius 1 is 1.24 bits per heavy atom. The van der Waals surface area contributed by atoms with Gasteiger partial charge in [-0.1, -0.05) is 34.1 Å². The molecule has 102 valence electrons. The SMILES string of the molecule is CC(CCO)CNC1CC(C)CCC1C(C)C. The highest BCUT2D eigenvalue weighted by Gasteiger charge is 2.30. The molecule has 1 aliphatic carbocycles. The Bertz CT molecular complexity index is 205. The zero-order chi connectivity index (χ0) is 12.8. The second-order valence-corrected chi connectivity index (χ2v) is 6.46. The molecule has 4 atom stereocenters. The van der Waals surface area contributed by atoms with Crippen molar-refractivity contribution in [1.82, 2.24) is 5.32 Å². The van der Waals surface area contributed by atoms with Crippen LogP contribution in [0.4, 0.5) is 0 Å². The summed E-state index contributed by atoms with van der Waals surface area (Å²) in [5, 5.41) is 12.7. The number of aliphatic hydroxyl groups excluding tert-OH is 1. The summed E-state index contributed by atoms with van der Waals surface area (Å²) in [5.41, 5.74) is 0. The average molecular weight is 241 g/mol. The highest BCUT2D eigenvalue weighted by atomic mass is 16.3. The normalized spacial score (nSPS) is 31.8. The Morgan fingerprint density at radius 2 is 1.94 bits per heavy atom. The monoisotopic (exact) mass is 241 g/mol. The van der Waals surface area contributed by atoms with Gasteiger partial charge in [-0.2, -0.15) is 0 Å². The summed E-state index contributed by atoms with van der Waals surface area (Å²) >= 11 is 0. The van der Waals surface area contributed by atoms with Gasteiger partial charge in [-0.25, -0.2) is 0 Å². The Labute approximate surface area is 107 Å². The zero-order valence-electron chi connectivity index (χ0n) is 12.1. The zero-order valence-corrected chi connectivity index (χ0v) is 12.1. The molecule has 0 bridgehead atoms. The van der Waals surface area contributed by atoms with Crippen LogP contribution < -0.4 is 5.32 Å². The van der Waals surface area contributed by atoms with Gasteiger partial charge in [-0.15, -0.1) is 0 Å². The molecule has 1 saturated carbocycles. The third kappa shape index (κ3) is 4.97. The molecule has 0 radical (unpaired) electrons. The first-order chi connectivity index (χ1) is 8.04. The fourth-order valence-electron chi connectivity index (χ4n) is 3.11. The molecule has 0 amide bonds. The molecule has 0 saturated heterocycles. The molecule has 0 aliphatic heterocycles. The highest BCUT2D eigenvalue weighted by Crippen LogP contribution is 2.33. The number of aliphatic hydroxyl groups is 1. The van der Waals surface area contributed by atoms with E-state index in [9.17, 15) is 0 Å². The van der Waals surface area contributed by atoms with E-state index in [2.05, 4.69) is 33.0 Å². The van der Waals surface area contributed by atoms with Crippen LogP contribution in [0.1, 0.15) is 53.4 Å². The molecule has 2 heteroatoms. The van der Waals surface area contributed by atoms with Crippen molar-refractivity contribution in [2.45, 2.75) is 59.4 Å². The minimum Gasteiger partial charge on any atom is -0.396 e. The van der Waals surface area contributed by atoms with E-state index in [1.165, 1.54) is 19.3 Å². The molecule has 0 aromatic heterocycles. The Morgan fingerprint density at radius 3 is 2.53 bits per heavy atom. The van der Waals surface area contributed by atoms with Gasteiger partial charge in [0, 0.05) is 12.6 Å². The van der Waals surface area contributed by atoms with Crippen LogP contribution in [0.25, 0.3) is 0 Å². The van der Waals surface area contributed by atoms with Crippen LogP contribution >= 0.6 is 0 Å². The van der Waals surface area contributed by atoms with E-state index in [0.717, 1.165) is 30.7 Å². The van der Waals surface area contributed by atoms with Crippen molar-refractivity contribution in [3.63, 3.8) is 0 Å². The van der Waals surface area contributed by atoms with Crippen LogP contribution in [0.3, 0.4) is 0 Å². The maximum Gasteiger partial charge on any atom is 0.0434 e. The average Bonchev–Trinajstić information content (AvgIpc) is 2.26. The largest absolute Gasteiger partial charge is 0.396 e. The van der Waals surface area contributed by atoms with Gasteiger partial charge in [-0.3, -0.25) is 0 Å². The van der Waals surface area contributed by atoms with Crippen molar-refractivity contribution in [3.8, 4) is 0 Å². The third-order valence-corrected chi connectivity index (χ3v) is 4.37. The van der Waals surface area contributed by atoms with E-state index in [-0.39, 0.29) is 0 Å². The molecule has 0 spiro atoms. The fourth-order valence-corrected chi connectivity index (χ4v) is 3.11. The van der Waals surface area contributed by atoms with Crippen LogP contribution in [0.2, 0.25) is 0 Å². The summed E-state index contributed by atoms with van der Waals surface area (Å²) in [4.78, 5) is 0. The number of hydrogen-bond donors (Lipinski definition) is 2. The molecule has 2 N–H and O–H groups in total. The van der Waals surface area contributed by atoms with Crippen LogP contribution in [-0.2, 0) is 0 Å². The van der Waals surface area contributed by atoms with Crippen molar-refractivity contribution >= 4 is 0 Å². The summed E-state index contributed by atoms with van der Waals surface area (Å²) < 4.78 is 0. The van der Waals surface area contributed by atoms with E-state index in [1.807, 2.05) is 0 Å². The van der Waals surface area contributed by atoms with Gasteiger partial charge in [0.25, 0.3) is 0 Å². The minimum absolute atomic E-state index is 0.317. The summed E-state index contributed by atoms with van der Waals surface area (Å²) in [6, 6.07) is 0.694. The summed E-state index contributed by atoms with van der Waals surface area (Å²) in [7, 11) is 0. The Balaban J connectivity index is 2.41. The molecule has 0 aromatic rings.